The van der Waals surface area contributed by atoms with E-state index in [0.29, 0.717) is 7.11 Å². The number of ether oxygens (including phenoxy) is 2. The summed E-state index contributed by atoms with van der Waals surface area (Å²) in [5, 5.41) is 8.47. The van der Waals surface area contributed by atoms with Crippen molar-refractivity contribution >= 4 is 5.97 Å². The molecule has 4 nitrogen and oxygen atoms in total. The number of aliphatic hydroxyl groups is 1. The first-order valence-electron chi connectivity index (χ1n) is 3.17. The molecule has 0 aliphatic carbocycles. The molecule has 78 valence electrons. The Morgan fingerprint density at radius 3 is 1.92 bits per heavy atom. The van der Waals surface area contributed by atoms with Crippen LogP contribution in [0.2, 0.25) is 0 Å². The van der Waals surface area contributed by atoms with E-state index in [1.165, 1.54) is 0 Å². The Balaban J connectivity index is 5.03. The van der Waals surface area contributed by atoms with Crippen molar-refractivity contribution in [3.8, 4) is 0 Å². The van der Waals surface area contributed by atoms with E-state index in [1.807, 2.05) is 0 Å². The summed E-state index contributed by atoms with van der Waals surface area (Å²) in [6, 6.07) is 0. The number of methoxy groups -OCH3 is 2. The number of rotatable bonds is 3. The highest BCUT2D eigenvalue weighted by Gasteiger charge is 2.62. The Morgan fingerprint density at radius 1 is 1.38 bits per heavy atom. The molecule has 0 aromatic rings. The molecule has 0 aliphatic rings. The van der Waals surface area contributed by atoms with Crippen LogP contribution in [0.3, 0.4) is 0 Å². The summed E-state index contributed by atoms with van der Waals surface area (Å²) in [6.07, 6.45) is -5.01. The standard InChI is InChI=1S/C6H9F3O4/c1-12-4(11)5(3-10,13-2)6(7,8)9/h10H,3H2,1-2H3. The fraction of sp³-hybridized carbons (Fsp3) is 0.833. The van der Waals surface area contributed by atoms with Gasteiger partial charge >= 0.3 is 12.1 Å². The number of esters is 1. The smallest absolute Gasteiger partial charge is 0.430 e. The highest BCUT2D eigenvalue weighted by Crippen LogP contribution is 2.33. The molecule has 0 radical (unpaired) electrons. The van der Waals surface area contributed by atoms with E-state index in [2.05, 4.69) is 9.47 Å². The minimum Gasteiger partial charge on any atom is -0.467 e. The first-order valence-corrected chi connectivity index (χ1v) is 3.17. The molecular weight excluding hydrogens is 193 g/mol. The first-order chi connectivity index (χ1) is 5.85. The van der Waals surface area contributed by atoms with Crippen molar-refractivity contribution in [1.29, 1.82) is 0 Å². The largest absolute Gasteiger partial charge is 0.467 e. The highest BCUT2D eigenvalue weighted by molar-refractivity contribution is 5.80. The van der Waals surface area contributed by atoms with Crippen molar-refractivity contribution in [3.63, 3.8) is 0 Å². The number of hydrogen-bond donors (Lipinski definition) is 1. The van der Waals surface area contributed by atoms with Crippen LogP contribution in [0, 0.1) is 0 Å². The lowest BCUT2D eigenvalue weighted by Crippen LogP contribution is -2.57. The number of hydrogen-bond acceptors (Lipinski definition) is 4. The van der Waals surface area contributed by atoms with Gasteiger partial charge in [-0.1, -0.05) is 0 Å². The van der Waals surface area contributed by atoms with E-state index >= 15 is 0 Å². The van der Waals surface area contributed by atoms with E-state index in [4.69, 9.17) is 5.11 Å². The maximum atomic E-state index is 12.2. The third-order valence-electron chi connectivity index (χ3n) is 1.54. The van der Waals surface area contributed by atoms with E-state index in [0.717, 1.165) is 7.11 Å². The molecule has 0 amide bonds. The molecule has 0 aromatic carbocycles. The normalized spacial score (nSPS) is 16.5. The molecule has 7 heteroatoms. The first kappa shape index (κ1) is 12.2. The third kappa shape index (κ3) is 1.92. The van der Waals surface area contributed by atoms with Gasteiger partial charge in [0.1, 0.15) is 0 Å². The maximum absolute atomic E-state index is 12.2. The topological polar surface area (TPSA) is 55.8 Å². The fourth-order valence-corrected chi connectivity index (χ4v) is 0.698. The zero-order chi connectivity index (χ0) is 10.7. The zero-order valence-corrected chi connectivity index (χ0v) is 7.01. The average molecular weight is 202 g/mol. The Labute approximate surface area is 72.2 Å². The molecule has 1 N–H and O–H groups in total. The highest BCUT2D eigenvalue weighted by atomic mass is 19.4. The van der Waals surface area contributed by atoms with Gasteiger partial charge in [-0.15, -0.1) is 0 Å². The van der Waals surface area contributed by atoms with Gasteiger partial charge in [0.25, 0.3) is 5.60 Å². The molecule has 0 heterocycles. The Kier molecular flexibility index (Phi) is 3.68. The molecular formula is C6H9F3O4. The SMILES string of the molecule is COC(=O)C(CO)(OC)C(F)(F)F. The second-order valence-corrected chi connectivity index (χ2v) is 2.18. The van der Waals surface area contributed by atoms with Crippen molar-refractivity contribution in [3.05, 3.63) is 0 Å². The summed E-state index contributed by atoms with van der Waals surface area (Å²) in [7, 11) is 1.44. The van der Waals surface area contributed by atoms with Crippen LogP contribution < -0.4 is 0 Å². The maximum Gasteiger partial charge on any atom is 0.430 e. The van der Waals surface area contributed by atoms with Crippen LogP contribution in [-0.2, 0) is 14.3 Å². The minimum atomic E-state index is -5.01. The predicted octanol–water partition coefficient (Wildman–Crippen LogP) is 0.0992. The zero-order valence-electron chi connectivity index (χ0n) is 7.01. The lowest BCUT2D eigenvalue weighted by Gasteiger charge is -2.29. The molecule has 0 aliphatic heterocycles. The second-order valence-electron chi connectivity index (χ2n) is 2.18. The van der Waals surface area contributed by atoms with Gasteiger partial charge in [-0.2, -0.15) is 13.2 Å². The summed E-state index contributed by atoms with van der Waals surface area (Å²) >= 11 is 0. The van der Waals surface area contributed by atoms with E-state index < -0.39 is 24.4 Å². The van der Waals surface area contributed by atoms with E-state index in [1.54, 1.807) is 0 Å². The summed E-state index contributed by atoms with van der Waals surface area (Å²) in [5.41, 5.74) is -3.28. The van der Waals surface area contributed by atoms with Crippen molar-refractivity contribution in [2.24, 2.45) is 0 Å². The Hall–Kier alpha value is -0.820. The van der Waals surface area contributed by atoms with Crippen molar-refractivity contribution in [2.75, 3.05) is 20.8 Å². The molecule has 0 aromatic heterocycles. The lowest BCUT2D eigenvalue weighted by molar-refractivity contribution is -0.278. The van der Waals surface area contributed by atoms with Crippen LogP contribution >= 0.6 is 0 Å². The van der Waals surface area contributed by atoms with Gasteiger partial charge in [-0.3, -0.25) is 0 Å². The molecule has 0 rings (SSSR count). The number of carbonyl (C=O) groups is 1. The summed E-state index contributed by atoms with van der Waals surface area (Å²) in [4.78, 5) is 10.7. The second kappa shape index (κ2) is 3.93. The van der Waals surface area contributed by atoms with Crippen molar-refractivity contribution < 1.29 is 32.5 Å². The summed E-state index contributed by atoms with van der Waals surface area (Å²) in [5.74, 6) is -1.68. The van der Waals surface area contributed by atoms with Gasteiger partial charge < -0.3 is 14.6 Å². The molecule has 0 saturated heterocycles. The van der Waals surface area contributed by atoms with Crippen LogP contribution in [0.5, 0.6) is 0 Å². The summed E-state index contributed by atoms with van der Waals surface area (Å²) < 4.78 is 44.5. The van der Waals surface area contributed by atoms with Crippen molar-refractivity contribution in [2.45, 2.75) is 11.8 Å². The van der Waals surface area contributed by atoms with Gasteiger partial charge in [-0.05, 0) is 0 Å². The lowest BCUT2D eigenvalue weighted by atomic mass is 10.1. The van der Waals surface area contributed by atoms with Crippen LogP contribution in [0.4, 0.5) is 13.2 Å². The third-order valence-corrected chi connectivity index (χ3v) is 1.54. The number of alkyl halides is 3. The van der Waals surface area contributed by atoms with Crippen LogP contribution in [0.15, 0.2) is 0 Å². The molecule has 0 bridgehead atoms. The van der Waals surface area contributed by atoms with Gasteiger partial charge in [0.05, 0.1) is 13.7 Å². The van der Waals surface area contributed by atoms with E-state index in [-0.39, 0.29) is 0 Å². The van der Waals surface area contributed by atoms with Crippen LogP contribution in [0.1, 0.15) is 0 Å². The Bertz CT molecular complexity index is 185. The average Bonchev–Trinajstić information content (AvgIpc) is 2.04. The predicted molar refractivity (Wildman–Crippen MR) is 34.9 cm³/mol. The molecule has 1 atom stereocenters. The molecule has 0 spiro atoms. The molecule has 0 saturated carbocycles. The number of aliphatic hydroxyl groups excluding tert-OH is 1. The Morgan fingerprint density at radius 2 is 1.85 bits per heavy atom. The van der Waals surface area contributed by atoms with Gasteiger partial charge in [0.2, 0.25) is 0 Å². The summed E-state index contributed by atoms with van der Waals surface area (Å²) in [6.45, 7) is -1.51. The molecule has 0 fully saturated rings. The van der Waals surface area contributed by atoms with Gasteiger partial charge in [-0.25, -0.2) is 4.79 Å². The number of carbonyl (C=O) groups excluding carboxylic acids is 1. The van der Waals surface area contributed by atoms with Gasteiger partial charge in [0, 0.05) is 7.11 Å². The van der Waals surface area contributed by atoms with E-state index in [9.17, 15) is 18.0 Å². The monoisotopic (exact) mass is 202 g/mol. The van der Waals surface area contributed by atoms with Crippen molar-refractivity contribution in [1.82, 2.24) is 0 Å². The fourth-order valence-electron chi connectivity index (χ4n) is 0.698. The number of halogens is 3. The quantitative estimate of drug-likeness (QED) is 0.659. The minimum absolute atomic E-state index is 0.667. The van der Waals surface area contributed by atoms with Gasteiger partial charge in [0.15, 0.2) is 0 Å². The van der Waals surface area contributed by atoms with Crippen LogP contribution in [-0.4, -0.2) is 43.7 Å². The van der Waals surface area contributed by atoms with Crippen LogP contribution in [0.25, 0.3) is 0 Å². The molecule has 13 heavy (non-hydrogen) atoms. The molecule has 1 unspecified atom stereocenters.